The number of rotatable bonds is 5. The van der Waals surface area contributed by atoms with E-state index in [0.29, 0.717) is 19.1 Å². The Balaban J connectivity index is 1.47. The van der Waals surface area contributed by atoms with Gasteiger partial charge in [-0.15, -0.1) is 0 Å². The van der Waals surface area contributed by atoms with Crippen LogP contribution in [0, 0.1) is 11.8 Å². The van der Waals surface area contributed by atoms with Crippen LogP contribution in [-0.4, -0.2) is 30.7 Å². The molecule has 1 saturated heterocycles. The maximum Gasteiger partial charge on any atom is 0.223 e. The highest BCUT2D eigenvalue weighted by molar-refractivity contribution is 5.78. The van der Waals surface area contributed by atoms with E-state index in [2.05, 4.69) is 34.5 Å². The van der Waals surface area contributed by atoms with E-state index < -0.39 is 0 Å². The van der Waals surface area contributed by atoms with Gasteiger partial charge in [0, 0.05) is 37.8 Å². The lowest BCUT2D eigenvalue weighted by atomic mass is 9.88. The van der Waals surface area contributed by atoms with Gasteiger partial charge in [0.1, 0.15) is 0 Å². The Labute approximate surface area is 145 Å². The maximum atomic E-state index is 12.2. The first-order chi connectivity index (χ1) is 11.8. The fourth-order valence-corrected chi connectivity index (χ4v) is 3.90. The summed E-state index contributed by atoms with van der Waals surface area (Å²) in [6.07, 6.45) is 7.90. The number of nitrogens with zero attached hydrogens (tertiary/aromatic N) is 1. The van der Waals surface area contributed by atoms with Crippen molar-refractivity contribution in [1.29, 1.82) is 0 Å². The number of carbonyl (C=O) groups excluding carboxylic acids is 1. The number of piperidine rings is 1. The monoisotopic (exact) mass is 330 g/mol. The van der Waals surface area contributed by atoms with Gasteiger partial charge in [0.05, 0.1) is 0 Å². The fraction of sp³-hybridized carbons (Fsp3) is 0.650. The van der Waals surface area contributed by atoms with Gasteiger partial charge in [-0.2, -0.15) is 0 Å². The SMILES string of the molecule is O=C(NCc1ccc(N2CCC(CO)CC2)cc1)C1CCCCC1. The van der Waals surface area contributed by atoms with Crippen molar-refractivity contribution in [2.24, 2.45) is 11.8 Å². The molecule has 24 heavy (non-hydrogen) atoms. The Bertz CT molecular complexity index is 515. The van der Waals surface area contributed by atoms with Crippen molar-refractivity contribution in [2.45, 2.75) is 51.5 Å². The first kappa shape index (κ1) is 17.3. The van der Waals surface area contributed by atoms with Gasteiger partial charge >= 0.3 is 0 Å². The number of benzene rings is 1. The number of amides is 1. The number of anilines is 1. The van der Waals surface area contributed by atoms with Gasteiger partial charge in [0.2, 0.25) is 5.91 Å². The molecule has 4 nitrogen and oxygen atoms in total. The second-order valence-corrected chi connectivity index (χ2v) is 7.33. The van der Waals surface area contributed by atoms with E-state index in [1.165, 1.54) is 24.9 Å². The molecular formula is C20H30N2O2. The van der Waals surface area contributed by atoms with Crippen molar-refractivity contribution in [2.75, 3.05) is 24.6 Å². The first-order valence-electron chi connectivity index (χ1n) is 9.48. The van der Waals surface area contributed by atoms with Crippen LogP contribution in [0.15, 0.2) is 24.3 Å². The van der Waals surface area contributed by atoms with Gasteiger partial charge < -0.3 is 15.3 Å². The molecule has 0 spiro atoms. The lowest BCUT2D eigenvalue weighted by molar-refractivity contribution is -0.126. The molecule has 0 bridgehead atoms. The summed E-state index contributed by atoms with van der Waals surface area (Å²) in [6, 6.07) is 8.55. The summed E-state index contributed by atoms with van der Waals surface area (Å²) >= 11 is 0. The van der Waals surface area contributed by atoms with Gasteiger partial charge in [0.25, 0.3) is 0 Å². The van der Waals surface area contributed by atoms with E-state index in [0.717, 1.165) is 44.3 Å². The second kappa shape index (κ2) is 8.52. The van der Waals surface area contributed by atoms with Crippen molar-refractivity contribution < 1.29 is 9.90 Å². The molecule has 0 unspecified atom stereocenters. The summed E-state index contributed by atoms with van der Waals surface area (Å²) in [6.45, 7) is 2.97. The molecule has 0 aromatic heterocycles. The van der Waals surface area contributed by atoms with Crippen LogP contribution in [0.2, 0.25) is 0 Å². The Morgan fingerprint density at radius 3 is 2.33 bits per heavy atom. The topological polar surface area (TPSA) is 52.6 Å². The molecule has 1 aliphatic heterocycles. The molecule has 1 heterocycles. The van der Waals surface area contributed by atoms with Crippen molar-refractivity contribution in [3.8, 4) is 0 Å². The second-order valence-electron chi connectivity index (χ2n) is 7.33. The fourth-order valence-electron chi connectivity index (χ4n) is 3.90. The lowest BCUT2D eigenvalue weighted by Gasteiger charge is -2.33. The van der Waals surface area contributed by atoms with Gasteiger partial charge in [0.15, 0.2) is 0 Å². The minimum atomic E-state index is 0.227. The Morgan fingerprint density at radius 2 is 1.71 bits per heavy atom. The van der Waals surface area contributed by atoms with Crippen LogP contribution in [0.25, 0.3) is 0 Å². The van der Waals surface area contributed by atoms with Crippen molar-refractivity contribution in [3.05, 3.63) is 29.8 Å². The third kappa shape index (κ3) is 4.50. The average Bonchev–Trinajstić information content (AvgIpc) is 2.67. The first-order valence-corrected chi connectivity index (χ1v) is 9.48. The highest BCUT2D eigenvalue weighted by atomic mass is 16.3. The average molecular weight is 330 g/mol. The number of aliphatic hydroxyl groups excluding tert-OH is 1. The van der Waals surface area contributed by atoms with Crippen LogP contribution >= 0.6 is 0 Å². The minimum Gasteiger partial charge on any atom is -0.396 e. The molecule has 2 aliphatic rings. The summed E-state index contributed by atoms with van der Waals surface area (Å²) < 4.78 is 0. The van der Waals surface area contributed by atoms with Crippen molar-refractivity contribution in [3.63, 3.8) is 0 Å². The molecule has 2 N–H and O–H groups in total. The molecule has 3 rings (SSSR count). The van der Waals surface area contributed by atoms with Crippen LogP contribution in [0.5, 0.6) is 0 Å². The summed E-state index contributed by atoms with van der Waals surface area (Å²) in [7, 11) is 0. The minimum absolute atomic E-state index is 0.227. The molecule has 0 atom stereocenters. The highest BCUT2D eigenvalue weighted by Crippen LogP contribution is 2.25. The molecule has 1 aliphatic carbocycles. The number of carbonyl (C=O) groups is 1. The summed E-state index contributed by atoms with van der Waals surface area (Å²) in [5, 5.41) is 12.3. The van der Waals surface area contributed by atoms with Gasteiger partial charge in [-0.3, -0.25) is 4.79 Å². The van der Waals surface area contributed by atoms with E-state index in [-0.39, 0.29) is 11.8 Å². The standard InChI is InChI=1S/C20H30N2O2/c23-15-17-10-12-22(13-11-17)19-8-6-16(7-9-19)14-21-20(24)18-4-2-1-3-5-18/h6-9,17-18,23H,1-5,10-15H2,(H,21,24). The zero-order chi connectivity index (χ0) is 16.8. The Kier molecular flexibility index (Phi) is 6.13. The van der Waals surface area contributed by atoms with Gasteiger partial charge in [-0.1, -0.05) is 31.4 Å². The molecule has 2 fully saturated rings. The third-order valence-corrected chi connectivity index (χ3v) is 5.62. The highest BCUT2D eigenvalue weighted by Gasteiger charge is 2.21. The van der Waals surface area contributed by atoms with Crippen LogP contribution in [0.3, 0.4) is 0 Å². The van der Waals surface area contributed by atoms with Crippen LogP contribution in [0.1, 0.15) is 50.5 Å². The molecule has 1 aromatic carbocycles. The van der Waals surface area contributed by atoms with E-state index in [1.807, 2.05) is 0 Å². The predicted octanol–water partition coefficient (Wildman–Crippen LogP) is 3.09. The summed E-state index contributed by atoms with van der Waals surface area (Å²) in [5.41, 5.74) is 2.40. The van der Waals surface area contributed by atoms with Gasteiger partial charge in [-0.05, 0) is 49.3 Å². The zero-order valence-electron chi connectivity index (χ0n) is 14.5. The lowest BCUT2D eigenvalue weighted by Crippen LogP contribution is -2.34. The van der Waals surface area contributed by atoms with Crippen molar-refractivity contribution in [1.82, 2.24) is 5.32 Å². The molecule has 1 saturated carbocycles. The number of nitrogens with one attached hydrogen (secondary N) is 1. The molecular weight excluding hydrogens is 300 g/mol. The van der Waals surface area contributed by atoms with E-state index in [1.54, 1.807) is 0 Å². The largest absolute Gasteiger partial charge is 0.396 e. The Morgan fingerprint density at radius 1 is 1.04 bits per heavy atom. The smallest absolute Gasteiger partial charge is 0.223 e. The number of aliphatic hydroxyl groups is 1. The normalized spacial score (nSPS) is 20.1. The van der Waals surface area contributed by atoms with Crippen LogP contribution in [-0.2, 0) is 11.3 Å². The molecule has 4 heteroatoms. The Hall–Kier alpha value is -1.55. The van der Waals surface area contributed by atoms with E-state index >= 15 is 0 Å². The number of hydrogen-bond acceptors (Lipinski definition) is 3. The molecule has 1 aromatic rings. The summed E-state index contributed by atoms with van der Waals surface area (Å²) in [4.78, 5) is 14.6. The summed E-state index contributed by atoms with van der Waals surface area (Å²) in [5.74, 6) is 0.922. The van der Waals surface area contributed by atoms with Crippen LogP contribution < -0.4 is 10.2 Å². The van der Waals surface area contributed by atoms with Crippen LogP contribution in [0.4, 0.5) is 5.69 Å². The quantitative estimate of drug-likeness (QED) is 0.872. The number of hydrogen-bond donors (Lipinski definition) is 2. The molecule has 0 radical (unpaired) electrons. The molecule has 1 amide bonds. The molecule has 132 valence electrons. The predicted molar refractivity (Wildman–Crippen MR) is 96.9 cm³/mol. The zero-order valence-corrected chi connectivity index (χ0v) is 14.5. The third-order valence-electron chi connectivity index (χ3n) is 5.62. The van der Waals surface area contributed by atoms with E-state index in [9.17, 15) is 9.90 Å². The maximum absolute atomic E-state index is 12.2. The van der Waals surface area contributed by atoms with Crippen molar-refractivity contribution >= 4 is 11.6 Å². The van der Waals surface area contributed by atoms with E-state index in [4.69, 9.17) is 0 Å². The van der Waals surface area contributed by atoms with Gasteiger partial charge in [-0.25, -0.2) is 0 Å².